The summed E-state index contributed by atoms with van der Waals surface area (Å²) in [5.41, 5.74) is 0.673. The van der Waals surface area contributed by atoms with E-state index in [1.165, 1.54) is 7.11 Å². The van der Waals surface area contributed by atoms with Crippen molar-refractivity contribution >= 4 is 17.8 Å². The van der Waals surface area contributed by atoms with E-state index in [1.54, 1.807) is 17.0 Å². The van der Waals surface area contributed by atoms with E-state index in [0.717, 1.165) is 23.3 Å². The van der Waals surface area contributed by atoms with Crippen LogP contribution in [0, 0.1) is 0 Å². The zero-order chi connectivity index (χ0) is 27.1. The Morgan fingerprint density at radius 1 is 0.658 bits per heavy atom. The maximum atomic E-state index is 13.8. The van der Waals surface area contributed by atoms with Crippen LogP contribution < -0.4 is 9.47 Å². The van der Waals surface area contributed by atoms with E-state index in [2.05, 4.69) is 0 Å². The molecule has 0 unspecified atom stereocenters. The molecule has 0 aliphatic heterocycles. The molecule has 1 amide bonds. The molecular formula is C30H25NO7. The smallest absolute Gasteiger partial charge is 0.336 e. The Labute approximate surface area is 219 Å². The van der Waals surface area contributed by atoms with Crippen molar-refractivity contribution in [3.05, 3.63) is 125 Å². The van der Waals surface area contributed by atoms with E-state index < -0.39 is 29.0 Å². The van der Waals surface area contributed by atoms with Gasteiger partial charge in [-0.05, 0) is 47.5 Å². The average molecular weight is 512 g/mol. The Bertz CT molecular complexity index is 1440. The molecule has 4 aromatic carbocycles. The van der Waals surface area contributed by atoms with E-state index in [1.807, 2.05) is 72.8 Å². The molecule has 0 spiro atoms. The molecule has 0 saturated carbocycles. The van der Waals surface area contributed by atoms with E-state index in [-0.39, 0.29) is 24.4 Å². The fraction of sp³-hybridized carbons (Fsp3) is 0.100. The number of rotatable bonds is 10. The van der Waals surface area contributed by atoms with Crippen LogP contribution >= 0.6 is 0 Å². The Balaban J connectivity index is 1.66. The molecule has 0 bridgehead atoms. The van der Waals surface area contributed by atoms with Crippen molar-refractivity contribution in [1.29, 1.82) is 0 Å². The van der Waals surface area contributed by atoms with Crippen molar-refractivity contribution in [3.8, 4) is 17.2 Å². The van der Waals surface area contributed by atoms with Gasteiger partial charge in [0.1, 0.15) is 17.2 Å². The summed E-state index contributed by atoms with van der Waals surface area (Å²) in [4.78, 5) is 38.7. The summed E-state index contributed by atoms with van der Waals surface area (Å²) in [6.07, 6.45) is 0. The fourth-order valence-electron chi connectivity index (χ4n) is 3.95. The van der Waals surface area contributed by atoms with E-state index in [0.29, 0.717) is 11.5 Å². The first kappa shape index (κ1) is 26.0. The minimum atomic E-state index is -1.46. The molecule has 8 heteroatoms. The van der Waals surface area contributed by atoms with Crippen LogP contribution in [0.25, 0.3) is 0 Å². The van der Waals surface area contributed by atoms with E-state index >= 15 is 0 Å². The largest absolute Gasteiger partial charge is 0.496 e. The number of carbonyl (C=O) groups is 3. The predicted molar refractivity (Wildman–Crippen MR) is 140 cm³/mol. The number of ether oxygens (including phenoxy) is 2. The zero-order valence-corrected chi connectivity index (χ0v) is 20.5. The molecular weight excluding hydrogens is 486 g/mol. The Hall–Kier alpha value is -5.11. The van der Waals surface area contributed by atoms with Crippen molar-refractivity contribution in [2.24, 2.45) is 0 Å². The maximum absolute atomic E-state index is 13.8. The van der Waals surface area contributed by atoms with E-state index in [4.69, 9.17) is 9.47 Å². The van der Waals surface area contributed by atoms with Crippen molar-refractivity contribution in [2.45, 2.75) is 13.1 Å². The quantitative estimate of drug-likeness (QED) is 0.280. The van der Waals surface area contributed by atoms with Gasteiger partial charge in [0.05, 0.1) is 23.8 Å². The summed E-state index contributed by atoms with van der Waals surface area (Å²) in [7, 11) is 1.30. The zero-order valence-electron chi connectivity index (χ0n) is 20.5. The van der Waals surface area contributed by atoms with Crippen LogP contribution in [0.15, 0.2) is 97.1 Å². The lowest BCUT2D eigenvalue weighted by atomic mass is 10.0. The summed E-state index contributed by atoms with van der Waals surface area (Å²) in [5.74, 6) is -2.08. The molecule has 0 atom stereocenters. The summed E-state index contributed by atoms with van der Waals surface area (Å²) in [5, 5.41) is 19.0. The van der Waals surface area contributed by atoms with Gasteiger partial charge in [0, 0.05) is 13.1 Å². The fourth-order valence-corrected chi connectivity index (χ4v) is 3.95. The lowest BCUT2D eigenvalue weighted by Gasteiger charge is -2.24. The first-order valence-corrected chi connectivity index (χ1v) is 11.7. The third-order valence-corrected chi connectivity index (χ3v) is 5.81. The second kappa shape index (κ2) is 11.7. The SMILES string of the molecule is COc1cc(C(=O)O)c(C(=O)O)cc1C(=O)N(Cc1ccccc1)Cc1ccc(Oc2ccccc2)cc1. The number of hydrogen-bond donors (Lipinski definition) is 2. The molecule has 8 nitrogen and oxygen atoms in total. The first-order chi connectivity index (χ1) is 18.4. The number of carboxylic acids is 2. The number of nitrogens with zero attached hydrogens (tertiary/aromatic N) is 1. The average Bonchev–Trinajstić information content (AvgIpc) is 2.93. The number of methoxy groups -OCH3 is 1. The number of carboxylic acid groups (broad SMARTS) is 2. The Kier molecular flexibility index (Phi) is 8.03. The van der Waals surface area contributed by atoms with Crippen LogP contribution in [0.4, 0.5) is 0 Å². The molecule has 4 rings (SSSR count). The van der Waals surface area contributed by atoms with Gasteiger partial charge in [0.25, 0.3) is 5.91 Å². The maximum Gasteiger partial charge on any atom is 0.336 e. The predicted octanol–water partition coefficient (Wildman–Crippen LogP) is 5.73. The molecule has 0 heterocycles. The Morgan fingerprint density at radius 2 is 1.16 bits per heavy atom. The van der Waals surface area contributed by atoms with Crippen LogP contribution in [-0.2, 0) is 13.1 Å². The summed E-state index contributed by atoms with van der Waals surface area (Å²) < 4.78 is 11.1. The highest BCUT2D eigenvalue weighted by Gasteiger charge is 2.26. The van der Waals surface area contributed by atoms with Gasteiger partial charge in [-0.3, -0.25) is 4.79 Å². The van der Waals surface area contributed by atoms with Gasteiger partial charge in [-0.15, -0.1) is 0 Å². The second-order valence-electron chi connectivity index (χ2n) is 8.41. The third-order valence-electron chi connectivity index (χ3n) is 5.81. The number of amides is 1. The first-order valence-electron chi connectivity index (χ1n) is 11.7. The van der Waals surface area contributed by atoms with Crippen LogP contribution in [0.3, 0.4) is 0 Å². The molecule has 0 aliphatic rings. The second-order valence-corrected chi connectivity index (χ2v) is 8.41. The molecule has 0 aliphatic carbocycles. The van der Waals surface area contributed by atoms with Gasteiger partial charge in [0.15, 0.2) is 0 Å². The normalized spacial score (nSPS) is 10.4. The van der Waals surface area contributed by atoms with Gasteiger partial charge < -0.3 is 24.6 Å². The third kappa shape index (κ3) is 6.17. The number of aromatic carboxylic acids is 2. The minimum Gasteiger partial charge on any atom is -0.496 e. The van der Waals surface area contributed by atoms with Crippen LogP contribution in [0.2, 0.25) is 0 Å². The van der Waals surface area contributed by atoms with Gasteiger partial charge in [-0.2, -0.15) is 0 Å². The number of benzene rings is 4. The van der Waals surface area contributed by atoms with Crippen molar-refractivity contribution in [1.82, 2.24) is 4.90 Å². The van der Waals surface area contributed by atoms with Crippen LogP contribution in [0.5, 0.6) is 17.2 Å². The number of hydrogen-bond acceptors (Lipinski definition) is 5. The number of carbonyl (C=O) groups excluding carboxylic acids is 1. The van der Waals surface area contributed by atoms with Crippen molar-refractivity contribution < 1.29 is 34.1 Å². The molecule has 2 N–H and O–H groups in total. The van der Waals surface area contributed by atoms with Gasteiger partial charge in [0.2, 0.25) is 0 Å². The monoisotopic (exact) mass is 511 g/mol. The molecule has 0 fully saturated rings. The van der Waals surface area contributed by atoms with Crippen molar-refractivity contribution in [2.75, 3.05) is 7.11 Å². The number of para-hydroxylation sites is 1. The molecule has 0 radical (unpaired) electrons. The van der Waals surface area contributed by atoms with E-state index in [9.17, 15) is 24.6 Å². The van der Waals surface area contributed by atoms with Crippen LogP contribution in [0.1, 0.15) is 42.2 Å². The van der Waals surface area contributed by atoms with Crippen molar-refractivity contribution in [3.63, 3.8) is 0 Å². The van der Waals surface area contributed by atoms with Crippen LogP contribution in [-0.4, -0.2) is 40.1 Å². The molecule has 4 aromatic rings. The lowest BCUT2D eigenvalue weighted by Crippen LogP contribution is -2.31. The van der Waals surface area contributed by atoms with Gasteiger partial charge in [-0.25, -0.2) is 9.59 Å². The molecule has 0 aromatic heterocycles. The highest BCUT2D eigenvalue weighted by atomic mass is 16.5. The van der Waals surface area contributed by atoms with Gasteiger partial charge in [-0.1, -0.05) is 60.7 Å². The lowest BCUT2D eigenvalue weighted by molar-refractivity contribution is 0.0649. The highest BCUT2D eigenvalue weighted by molar-refractivity contribution is 6.06. The highest BCUT2D eigenvalue weighted by Crippen LogP contribution is 2.28. The summed E-state index contributed by atoms with van der Waals surface area (Å²) in [6, 6.07) is 28.1. The Morgan fingerprint density at radius 3 is 1.71 bits per heavy atom. The summed E-state index contributed by atoms with van der Waals surface area (Å²) >= 11 is 0. The molecule has 0 saturated heterocycles. The standard InChI is InChI=1S/C30H25NO7/c1-37-27-17-25(30(35)36)24(29(33)34)16-26(27)28(32)31(18-20-8-4-2-5-9-20)19-21-12-14-23(15-13-21)38-22-10-6-3-7-11-22/h2-17H,18-19H2,1H3,(H,33,34)(H,35,36). The molecule has 192 valence electrons. The minimum absolute atomic E-state index is 0.0259. The summed E-state index contributed by atoms with van der Waals surface area (Å²) in [6.45, 7) is 0.430. The molecule has 38 heavy (non-hydrogen) atoms. The topological polar surface area (TPSA) is 113 Å². The van der Waals surface area contributed by atoms with Gasteiger partial charge >= 0.3 is 11.9 Å².